The van der Waals surface area contributed by atoms with Gasteiger partial charge in [-0.25, -0.2) is 4.79 Å². The summed E-state index contributed by atoms with van der Waals surface area (Å²) < 4.78 is 29.8. The summed E-state index contributed by atoms with van der Waals surface area (Å²) in [5.41, 5.74) is -0.0480. The third kappa shape index (κ3) is 3.28. The number of halogens is 2. The van der Waals surface area contributed by atoms with Crippen LogP contribution in [0.3, 0.4) is 0 Å². The average Bonchev–Trinajstić information content (AvgIpc) is 2.53. The summed E-state index contributed by atoms with van der Waals surface area (Å²) in [6.45, 7) is -3.16. The first-order valence-electron chi connectivity index (χ1n) is 7.40. The van der Waals surface area contributed by atoms with E-state index < -0.39 is 29.5 Å². The van der Waals surface area contributed by atoms with Gasteiger partial charge >= 0.3 is 12.6 Å². The van der Waals surface area contributed by atoms with E-state index in [0.717, 1.165) is 18.2 Å². The number of Topliss-reactive ketones (excluding diaryl/α,β-unsaturated/α-hetero) is 1. The van der Waals surface area contributed by atoms with Gasteiger partial charge in [0.05, 0.1) is 16.9 Å². The van der Waals surface area contributed by atoms with Crippen molar-refractivity contribution < 1.29 is 28.0 Å². The Kier molecular flexibility index (Phi) is 4.34. The minimum atomic E-state index is -3.16. The van der Waals surface area contributed by atoms with Crippen molar-refractivity contribution in [2.45, 2.75) is 25.5 Å². The molecule has 25 heavy (non-hydrogen) atoms. The first kappa shape index (κ1) is 16.8. The Bertz CT molecular complexity index is 780. The number of ether oxygens (including phenoxy) is 1. The molecule has 8 nitrogen and oxygen atoms in total. The van der Waals surface area contributed by atoms with Crippen molar-refractivity contribution in [3.05, 3.63) is 45.6 Å². The van der Waals surface area contributed by atoms with Crippen molar-refractivity contribution in [2.24, 2.45) is 5.92 Å². The first-order chi connectivity index (χ1) is 11.9. The minimum Gasteiger partial charge on any atom is -0.434 e. The number of nitro benzene ring substituents is 1. The summed E-state index contributed by atoms with van der Waals surface area (Å²) in [6, 6.07) is 1.42. The van der Waals surface area contributed by atoms with E-state index in [1.54, 1.807) is 6.08 Å². The van der Waals surface area contributed by atoms with Crippen LogP contribution in [0.2, 0.25) is 0 Å². The average molecular weight is 353 g/mol. The van der Waals surface area contributed by atoms with Gasteiger partial charge in [-0.05, 0) is 12.5 Å². The number of nitrogens with one attached hydrogen (secondary N) is 2. The molecule has 10 heteroatoms. The number of hydrogen-bond acceptors (Lipinski definition) is 5. The third-order valence-corrected chi connectivity index (χ3v) is 4.07. The lowest BCUT2D eigenvalue weighted by molar-refractivity contribution is -0.385. The summed E-state index contributed by atoms with van der Waals surface area (Å²) in [4.78, 5) is 34.5. The molecule has 0 spiro atoms. The Morgan fingerprint density at radius 3 is 2.76 bits per heavy atom. The standard InChI is InChI=1S/C15H13F2N3O5/c16-14(17)25-11-5-4-7(20(23)24)6-8(11)13-12-9(18-15(22)19-13)2-1-3-10(12)21/h2,4-6,12-14H,1,3H2,(H2,18,19,22)/t12-,13-/m1/s1. The molecular formula is C15H13F2N3O5. The molecule has 0 radical (unpaired) electrons. The maximum absolute atomic E-state index is 12.7. The molecule has 1 heterocycles. The molecule has 3 rings (SSSR count). The largest absolute Gasteiger partial charge is 0.434 e. The van der Waals surface area contributed by atoms with Crippen LogP contribution in [-0.2, 0) is 4.79 Å². The molecule has 0 saturated carbocycles. The van der Waals surface area contributed by atoms with Crippen LogP contribution in [0, 0.1) is 16.0 Å². The van der Waals surface area contributed by atoms with Crippen molar-refractivity contribution in [1.29, 1.82) is 0 Å². The van der Waals surface area contributed by atoms with Crippen molar-refractivity contribution in [3.63, 3.8) is 0 Å². The first-order valence-corrected chi connectivity index (χ1v) is 7.40. The molecule has 1 aliphatic heterocycles. The summed E-state index contributed by atoms with van der Waals surface area (Å²) in [5, 5.41) is 16.0. The van der Waals surface area contributed by atoms with Crippen molar-refractivity contribution in [2.75, 3.05) is 0 Å². The predicted molar refractivity (Wildman–Crippen MR) is 80.0 cm³/mol. The highest BCUT2D eigenvalue weighted by molar-refractivity contribution is 5.91. The van der Waals surface area contributed by atoms with Gasteiger partial charge in [0.1, 0.15) is 11.5 Å². The van der Waals surface area contributed by atoms with E-state index in [1.165, 1.54) is 0 Å². The lowest BCUT2D eigenvalue weighted by Crippen LogP contribution is -2.52. The van der Waals surface area contributed by atoms with Crippen LogP contribution < -0.4 is 15.4 Å². The lowest BCUT2D eigenvalue weighted by atomic mass is 9.80. The number of carbonyl (C=O) groups excluding carboxylic acids is 2. The quantitative estimate of drug-likeness (QED) is 0.638. The molecule has 0 bridgehead atoms. The van der Waals surface area contributed by atoms with E-state index in [-0.39, 0.29) is 29.2 Å². The fourth-order valence-corrected chi connectivity index (χ4v) is 3.06. The van der Waals surface area contributed by atoms with E-state index in [4.69, 9.17) is 0 Å². The third-order valence-electron chi connectivity index (χ3n) is 4.07. The number of ketones is 1. The smallest absolute Gasteiger partial charge is 0.387 e. The number of fused-ring (bicyclic) bond motifs is 1. The topological polar surface area (TPSA) is 111 Å². The second-order valence-corrected chi connectivity index (χ2v) is 5.58. The normalized spacial score (nSPS) is 22.6. The highest BCUT2D eigenvalue weighted by Crippen LogP contribution is 2.40. The van der Waals surface area contributed by atoms with Crippen LogP contribution in [0.15, 0.2) is 30.0 Å². The number of amides is 2. The molecule has 1 aromatic rings. The maximum Gasteiger partial charge on any atom is 0.387 e. The van der Waals surface area contributed by atoms with Crippen LogP contribution in [0.4, 0.5) is 19.3 Å². The molecule has 0 aromatic heterocycles. The highest BCUT2D eigenvalue weighted by Gasteiger charge is 2.41. The molecule has 1 aliphatic carbocycles. The SMILES string of the molecule is O=C1NC2=CCCC(=O)[C@@H]2[C@@H](c2cc([N+](=O)[O-])ccc2OC(F)F)N1. The molecule has 2 aliphatic rings. The number of nitrogens with zero attached hydrogens (tertiary/aromatic N) is 1. The van der Waals surface area contributed by atoms with Gasteiger partial charge in [0.2, 0.25) is 0 Å². The number of allylic oxidation sites excluding steroid dienone is 1. The zero-order valence-corrected chi connectivity index (χ0v) is 12.7. The fraction of sp³-hybridized carbons (Fsp3) is 0.333. The van der Waals surface area contributed by atoms with Gasteiger partial charge < -0.3 is 15.4 Å². The molecule has 2 amide bonds. The summed E-state index contributed by atoms with van der Waals surface area (Å²) in [7, 11) is 0. The van der Waals surface area contributed by atoms with Crippen molar-refractivity contribution in [3.8, 4) is 5.75 Å². The molecular weight excluding hydrogens is 340 g/mol. The second-order valence-electron chi connectivity index (χ2n) is 5.58. The summed E-state index contributed by atoms with van der Waals surface area (Å²) in [6.07, 6.45) is 2.36. The molecule has 132 valence electrons. The number of alkyl halides is 2. The second kappa shape index (κ2) is 6.46. The van der Waals surface area contributed by atoms with Crippen LogP contribution >= 0.6 is 0 Å². The Labute approximate surface area is 140 Å². The molecule has 1 fully saturated rings. The number of urea groups is 1. The highest BCUT2D eigenvalue weighted by atomic mass is 19.3. The van der Waals surface area contributed by atoms with Gasteiger partial charge in [0.25, 0.3) is 5.69 Å². The number of rotatable bonds is 4. The molecule has 1 aromatic carbocycles. The number of carbonyl (C=O) groups is 2. The lowest BCUT2D eigenvalue weighted by Gasteiger charge is -2.36. The van der Waals surface area contributed by atoms with Crippen molar-refractivity contribution >= 4 is 17.5 Å². The van der Waals surface area contributed by atoms with Crippen LogP contribution in [-0.4, -0.2) is 23.3 Å². The van der Waals surface area contributed by atoms with E-state index in [9.17, 15) is 28.5 Å². The minimum absolute atomic E-state index is 0.0458. The van der Waals surface area contributed by atoms with E-state index in [2.05, 4.69) is 15.4 Å². The maximum atomic E-state index is 12.7. The van der Waals surface area contributed by atoms with E-state index in [0.29, 0.717) is 12.1 Å². The summed E-state index contributed by atoms with van der Waals surface area (Å²) >= 11 is 0. The van der Waals surface area contributed by atoms with Gasteiger partial charge in [-0.3, -0.25) is 14.9 Å². The summed E-state index contributed by atoms with van der Waals surface area (Å²) in [5.74, 6) is -1.37. The van der Waals surface area contributed by atoms with Gasteiger partial charge in [0, 0.05) is 29.8 Å². The predicted octanol–water partition coefficient (Wildman–Crippen LogP) is 2.41. The Morgan fingerprint density at radius 1 is 1.32 bits per heavy atom. The monoisotopic (exact) mass is 353 g/mol. The van der Waals surface area contributed by atoms with Crippen molar-refractivity contribution in [1.82, 2.24) is 10.6 Å². The Hall–Kier alpha value is -3.04. The fourth-order valence-electron chi connectivity index (χ4n) is 3.06. The van der Waals surface area contributed by atoms with Gasteiger partial charge in [-0.15, -0.1) is 0 Å². The van der Waals surface area contributed by atoms with Crippen LogP contribution in [0.1, 0.15) is 24.4 Å². The number of non-ortho nitro benzene ring substituents is 1. The van der Waals surface area contributed by atoms with Gasteiger partial charge in [0.15, 0.2) is 0 Å². The van der Waals surface area contributed by atoms with Gasteiger partial charge in [-0.2, -0.15) is 8.78 Å². The van der Waals surface area contributed by atoms with E-state index >= 15 is 0 Å². The zero-order chi connectivity index (χ0) is 18.1. The molecule has 0 unspecified atom stereocenters. The van der Waals surface area contributed by atoms with E-state index in [1.807, 2.05) is 0 Å². The number of hydrogen-bond donors (Lipinski definition) is 2. The Morgan fingerprint density at radius 2 is 2.08 bits per heavy atom. The van der Waals surface area contributed by atoms with Gasteiger partial charge in [-0.1, -0.05) is 6.08 Å². The number of benzene rings is 1. The molecule has 1 saturated heterocycles. The Balaban J connectivity index is 2.10. The van der Waals surface area contributed by atoms with Crippen LogP contribution in [0.25, 0.3) is 0 Å². The zero-order valence-electron chi connectivity index (χ0n) is 12.7. The molecule has 2 atom stereocenters. The number of nitro groups is 1. The van der Waals surface area contributed by atoms with Crippen LogP contribution in [0.5, 0.6) is 5.75 Å². The molecule has 2 N–H and O–H groups in total.